The molecule has 0 aliphatic heterocycles. The lowest BCUT2D eigenvalue weighted by molar-refractivity contribution is 0.294. The zero-order chi connectivity index (χ0) is 11.4. The van der Waals surface area contributed by atoms with Crippen molar-refractivity contribution in [2.24, 2.45) is 0 Å². The summed E-state index contributed by atoms with van der Waals surface area (Å²) in [4.78, 5) is 0. The lowest BCUT2D eigenvalue weighted by Gasteiger charge is -2.09. The summed E-state index contributed by atoms with van der Waals surface area (Å²) in [5, 5.41) is 19.1. The Labute approximate surface area is 93.3 Å². The maximum absolute atomic E-state index is 9.57. The summed E-state index contributed by atoms with van der Waals surface area (Å²) in [6.45, 7) is 0. The average Bonchev–Trinajstić information content (AvgIpc) is 2.95. The van der Waals surface area contributed by atoms with E-state index in [-0.39, 0.29) is 11.8 Å². The lowest BCUT2D eigenvalue weighted by atomic mass is 10.3. The fourth-order valence-electron chi connectivity index (χ4n) is 1.33. The summed E-state index contributed by atoms with van der Waals surface area (Å²) in [6.07, 6.45) is 14.3. The maximum Gasteiger partial charge on any atom is 0.210 e. The molecule has 0 aromatic heterocycles. The molecule has 4 nitrogen and oxygen atoms in total. The Bertz CT molecular complexity index is 393. The molecule has 0 amide bonds. The van der Waals surface area contributed by atoms with Crippen LogP contribution in [0.4, 0.5) is 0 Å². The molecule has 0 radical (unpaired) electrons. The van der Waals surface area contributed by atoms with Crippen molar-refractivity contribution in [1.82, 2.24) is 10.9 Å². The van der Waals surface area contributed by atoms with Gasteiger partial charge in [0.1, 0.15) is 0 Å². The highest BCUT2D eigenvalue weighted by atomic mass is 16.3. The smallest absolute Gasteiger partial charge is 0.210 e. The highest BCUT2D eigenvalue weighted by Gasteiger charge is 2.04. The Morgan fingerprint density at radius 2 is 1.00 bits per heavy atom. The number of aliphatic hydroxyl groups excluding tert-OH is 2. The van der Waals surface area contributed by atoms with Crippen molar-refractivity contribution in [3.05, 3.63) is 71.5 Å². The van der Waals surface area contributed by atoms with Crippen LogP contribution >= 0.6 is 0 Å². The summed E-state index contributed by atoms with van der Waals surface area (Å²) in [5.74, 6) is -0.0776. The van der Waals surface area contributed by atoms with Crippen molar-refractivity contribution >= 4 is 0 Å². The Morgan fingerprint density at radius 3 is 1.31 bits per heavy atom. The van der Waals surface area contributed by atoms with Crippen LogP contribution in [0.3, 0.4) is 0 Å². The third-order valence-corrected chi connectivity index (χ3v) is 2.17. The van der Waals surface area contributed by atoms with Crippen LogP contribution in [0.2, 0.25) is 0 Å². The second-order valence-electron chi connectivity index (χ2n) is 3.29. The van der Waals surface area contributed by atoms with Crippen molar-refractivity contribution in [3.63, 3.8) is 0 Å². The maximum atomic E-state index is 9.57. The van der Waals surface area contributed by atoms with E-state index in [1.54, 1.807) is 24.3 Å². The van der Waals surface area contributed by atoms with Gasteiger partial charge in [0.25, 0.3) is 0 Å². The Balaban J connectivity index is 1.98. The van der Waals surface area contributed by atoms with Crippen LogP contribution in [0.15, 0.2) is 71.5 Å². The van der Waals surface area contributed by atoms with Gasteiger partial charge < -0.3 is 10.2 Å². The predicted molar refractivity (Wildman–Crippen MR) is 62.1 cm³/mol. The minimum absolute atomic E-state index is 0.0388. The van der Waals surface area contributed by atoms with E-state index in [0.29, 0.717) is 11.1 Å². The number of nitrogens with one attached hydrogen (secondary N) is 2. The van der Waals surface area contributed by atoms with E-state index in [1.807, 2.05) is 24.3 Å². The molecule has 16 heavy (non-hydrogen) atoms. The molecular weight excluding hydrogens is 204 g/mol. The molecule has 2 aliphatic carbocycles. The molecule has 2 aliphatic rings. The first-order valence-electron chi connectivity index (χ1n) is 4.85. The molecule has 0 saturated carbocycles. The molecule has 0 bridgehead atoms. The van der Waals surface area contributed by atoms with Gasteiger partial charge in [0.15, 0.2) is 0 Å². The molecule has 0 unspecified atom stereocenters. The van der Waals surface area contributed by atoms with Gasteiger partial charge in [-0.3, -0.25) is 10.9 Å². The molecule has 0 aromatic carbocycles. The third kappa shape index (κ3) is 2.17. The van der Waals surface area contributed by atoms with Crippen LogP contribution in [0.5, 0.6) is 0 Å². The van der Waals surface area contributed by atoms with Gasteiger partial charge in [0.05, 0.1) is 0 Å². The molecular formula is C12H12N2O2. The van der Waals surface area contributed by atoms with Crippen molar-refractivity contribution < 1.29 is 10.2 Å². The molecule has 4 N–H and O–H groups in total. The molecule has 0 heterocycles. The molecule has 0 spiro atoms. The fourth-order valence-corrected chi connectivity index (χ4v) is 1.33. The van der Waals surface area contributed by atoms with Gasteiger partial charge >= 0.3 is 0 Å². The standard InChI is InChI=1S/C12H12N2O2/c15-11(9-5-1-2-6-9)13-14-12(16)10-7-3-4-8-10/h1-8,13-16H. The third-order valence-electron chi connectivity index (χ3n) is 2.17. The summed E-state index contributed by atoms with van der Waals surface area (Å²) in [5.41, 5.74) is 6.33. The quantitative estimate of drug-likeness (QED) is 0.429. The minimum Gasteiger partial charge on any atom is -0.493 e. The second kappa shape index (κ2) is 4.44. The lowest BCUT2D eigenvalue weighted by Crippen LogP contribution is -2.31. The van der Waals surface area contributed by atoms with Crippen LogP contribution in [0.25, 0.3) is 0 Å². The zero-order valence-corrected chi connectivity index (χ0v) is 8.51. The van der Waals surface area contributed by atoms with Gasteiger partial charge in [0, 0.05) is 11.1 Å². The zero-order valence-electron chi connectivity index (χ0n) is 8.51. The topological polar surface area (TPSA) is 64.5 Å². The van der Waals surface area contributed by atoms with Crippen molar-refractivity contribution in [1.29, 1.82) is 0 Å². The van der Waals surface area contributed by atoms with E-state index in [1.165, 1.54) is 0 Å². The van der Waals surface area contributed by atoms with Gasteiger partial charge in [0.2, 0.25) is 11.8 Å². The number of aliphatic hydroxyl groups is 2. The highest BCUT2D eigenvalue weighted by Crippen LogP contribution is 2.11. The van der Waals surface area contributed by atoms with E-state index in [9.17, 15) is 10.2 Å². The first-order chi connectivity index (χ1) is 7.77. The Morgan fingerprint density at radius 1 is 0.688 bits per heavy atom. The summed E-state index contributed by atoms with van der Waals surface area (Å²) in [6, 6.07) is 0. The van der Waals surface area contributed by atoms with Gasteiger partial charge in [-0.05, 0) is 24.3 Å². The SMILES string of the molecule is OC(NNC(O)=C1C=CC=C1)=C1C=CC=C1. The molecule has 82 valence electrons. The van der Waals surface area contributed by atoms with Crippen molar-refractivity contribution in [2.45, 2.75) is 0 Å². The number of hydrogen-bond acceptors (Lipinski definition) is 4. The number of allylic oxidation sites excluding steroid dienone is 10. The minimum atomic E-state index is -0.0388. The second-order valence-corrected chi connectivity index (χ2v) is 3.29. The first kappa shape index (κ1) is 10.2. The summed E-state index contributed by atoms with van der Waals surface area (Å²) >= 11 is 0. The molecule has 4 heteroatoms. The van der Waals surface area contributed by atoms with Crippen LogP contribution in [-0.4, -0.2) is 10.2 Å². The van der Waals surface area contributed by atoms with Crippen LogP contribution in [0, 0.1) is 0 Å². The number of rotatable bonds is 3. The van der Waals surface area contributed by atoms with E-state index in [4.69, 9.17) is 0 Å². The molecule has 2 rings (SSSR count). The number of hydrogen-bond donors (Lipinski definition) is 4. The van der Waals surface area contributed by atoms with Gasteiger partial charge in [-0.25, -0.2) is 0 Å². The average molecular weight is 216 g/mol. The van der Waals surface area contributed by atoms with Crippen molar-refractivity contribution in [3.8, 4) is 0 Å². The van der Waals surface area contributed by atoms with Gasteiger partial charge in [-0.15, -0.1) is 0 Å². The monoisotopic (exact) mass is 216 g/mol. The van der Waals surface area contributed by atoms with Crippen LogP contribution in [0.1, 0.15) is 0 Å². The summed E-state index contributed by atoms with van der Waals surface area (Å²) < 4.78 is 0. The van der Waals surface area contributed by atoms with Crippen LogP contribution in [-0.2, 0) is 0 Å². The number of hydrazine groups is 1. The Hall–Kier alpha value is -2.36. The summed E-state index contributed by atoms with van der Waals surface area (Å²) in [7, 11) is 0. The molecule has 0 saturated heterocycles. The van der Waals surface area contributed by atoms with Gasteiger partial charge in [-0.1, -0.05) is 24.3 Å². The van der Waals surface area contributed by atoms with E-state index < -0.39 is 0 Å². The normalized spacial score (nSPS) is 16.0. The Kier molecular flexibility index (Phi) is 2.82. The van der Waals surface area contributed by atoms with E-state index in [2.05, 4.69) is 10.9 Å². The molecule has 0 fully saturated rings. The van der Waals surface area contributed by atoms with E-state index in [0.717, 1.165) is 0 Å². The van der Waals surface area contributed by atoms with Gasteiger partial charge in [-0.2, -0.15) is 0 Å². The largest absolute Gasteiger partial charge is 0.493 e. The fraction of sp³-hybridized carbons (Fsp3) is 0. The molecule has 0 atom stereocenters. The van der Waals surface area contributed by atoms with Crippen LogP contribution < -0.4 is 10.9 Å². The highest BCUT2D eigenvalue weighted by molar-refractivity contribution is 5.42. The molecule has 0 aromatic rings. The van der Waals surface area contributed by atoms with Crippen molar-refractivity contribution in [2.75, 3.05) is 0 Å². The first-order valence-corrected chi connectivity index (χ1v) is 4.85. The predicted octanol–water partition coefficient (Wildman–Crippen LogP) is 1.87. The van der Waals surface area contributed by atoms with E-state index >= 15 is 0 Å².